The Morgan fingerprint density at radius 2 is 1.78 bits per heavy atom. The SMILES string of the molecule is NC(=O)c1ccc(NC(=O)c2ccccn2)cc1. The summed E-state index contributed by atoms with van der Waals surface area (Å²) in [6.45, 7) is 0. The largest absolute Gasteiger partial charge is 0.366 e. The number of primary amides is 1. The molecule has 0 aliphatic carbocycles. The van der Waals surface area contributed by atoms with E-state index < -0.39 is 5.91 Å². The highest BCUT2D eigenvalue weighted by molar-refractivity contribution is 6.03. The van der Waals surface area contributed by atoms with Gasteiger partial charge in [-0.1, -0.05) is 6.07 Å². The Morgan fingerprint density at radius 1 is 1.06 bits per heavy atom. The normalized spacial score (nSPS) is 9.78. The van der Waals surface area contributed by atoms with Crippen molar-refractivity contribution in [3.63, 3.8) is 0 Å². The minimum atomic E-state index is -0.502. The highest BCUT2D eigenvalue weighted by Gasteiger charge is 2.07. The quantitative estimate of drug-likeness (QED) is 0.852. The van der Waals surface area contributed by atoms with Crippen molar-refractivity contribution >= 4 is 17.5 Å². The fourth-order valence-corrected chi connectivity index (χ4v) is 1.41. The van der Waals surface area contributed by atoms with E-state index in [2.05, 4.69) is 10.3 Å². The first-order chi connectivity index (χ1) is 8.66. The number of benzene rings is 1. The molecule has 2 amide bonds. The molecule has 0 aliphatic rings. The number of aromatic nitrogens is 1. The maximum absolute atomic E-state index is 11.8. The lowest BCUT2D eigenvalue weighted by Gasteiger charge is -2.04. The number of nitrogens with one attached hydrogen (secondary N) is 1. The molecule has 5 nitrogen and oxygen atoms in total. The summed E-state index contributed by atoms with van der Waals surface area (Å²) in [5.74, 6) is -0.806. The van der Waals surface area contributed by atoms with Gasteiger partial charge in [-0.25, -0.2) is 0 Å². The molecule has 2 aromatic rings. The third-order valence-electron chi connectivity index (χ3n) is 2.32. The van der Waals surface area contributed by atoms with Gasteiger partial charge in [0, 0.05) is 17.4 Å². The van der Waals surface area contributed by atoms with E-state index in [0.717, 1.165) is 0 Å². The zero-order valence-corrected chi connectivity index (χ0v) is 9.46. The fourth-order valence-electron chi connectivity index (χ4n) is 1.41. The molecule has 2 rings (SSSR count). The summed E-state index contributed by atoms with van der Waals surface area (Å²) < 4.78 is 0. The van der Waals surface area contributed by atoms with E-state index in [-0.39, 0.29) is 5.91 Å². The number of nitrogens with two attached hydrogens (primary N) is 1. The highest BCUT2D eigenvalue weighted by Crippen LogP contribution is 2.10. The molecule has 0 saturated heterocycles. The molecule has 18 heavy (non-hydrogen) atoms. The topological polar surface area (TPSA) is 85.1 Å². The fraction of sp³-hybridized carbons (Fsp3) is 0. The maximum atomic E-state index is 11.8. The molecule has 1 heterocycles. The van der Waals surface area contributed by atoms with E-state index in [1.54, 1.807) is 48.7 Å². The molecule has 3 N–H and O–H groups in total. The second kappa shape index (κ2) is 5.09. The van der Waals surface area contributed by atoms with Crippen molar-refractivity contribution < 1.29 is 9.59 Å². The van der Waals surface area contributed by atoms with Crippen LogP contribution in [0.25, 0.3) is 0 Å². The summed E-state index contributed by atoms with van der Waals surface area (Å²) in [6.07, 6.45) is 1.55. The Bertz CT molecular complexity index is 565. The van der Waals surface area contributed by atoms with Crippen LogP contribution in [-0.4, -0.2) is 16.8 Å². The lowest BCUT2D eigenvalue weighted by molar-refractivity contribution is 0.0998. The van der Waals surface area contributed by atoms with Crippen molar-refractivity contribution in [2.45, 2.75) is 0 Å². The summed E-state index contributed by atoms with van der Waals surface area (Å²) in [4.78, 5) is 26.6. The number of anilines is 1. The van der Waals surface area contributed by atoms with E-state index in [0.29, 0.717) is 16.9 Å². The summed E-state index contributed by atoms with van der Waals surface area (Å²) in [5, 5.41) is 2.67. The minimum Gasteiger partial charge on any atom is -0.366 e. The number of hydrogen-bond acceptors (Lipinski definition) is 3. The van der Waals surface area contributed by atoms with Gasteiger partial charge >= 0.3 is 0 Å². The zero-order valence-electron chi connectivity index (χ0n) is 9.46. The second-order valence-electron chi connectivity index (χ2n) is 3.61. The molecule has 0 radical (unpaired) electrons. The molecule has 0 unspecified atom stereocenters. The number of amides is 2. The van der Waals surface area contributed by atoms with Crippen LogP contribution >= 0.6 is 0 Å². The first kappa shape index (κ1) is 11.8. The average molecular weight is 241 g/mol. The Labute approximate surface area is 104 Å². The van der Waals surface area contributed by atoms with Gasteiger partial charge in [0.15, 0.2) is 0 Å². The first-order valence-electron chi connectivity index (χ1n) is 5.29. The van der Waals surface area contributed by atoms with Gasteiger partial charge in [-0.05, 0) is 36.4 Å². The van der Waals surface area contributed by atoms with Crippen molar-refractivity contribution in [2.24, 2.45) is 5.73 Å². The van der Waals surface area contributed by atoms with Gasteiger partial charge in [-0.2, -0.15) is 0 Å². The molecule has 90 valence electrons. The van der Waals surface area contributed by atoms with Crippen molar-refractivity contribution in [1.29, 1.82) is 0 Å². The molecule has 0 saturated carbocycles. The van der Waals surface area contributed by atoms with E-state index in [9.17, 15) is 9.59 Å². The molecular weight excluding hydrogens is 230 g/mol. The Kier molecular flexibility index (Phi) is 3.33. The Hall–Kier alpha value is -2.69. The van der Waals surface area contributed by atoms with Crippen molar-refractivity contribution in [1.82, 2.24) is 4.98 Å². The molecule has 0 bridgehead atoms. The number of hydrogen-bond donors (Lipinski definition) is 2. The van der Waals surface area contributed by atoms with Gasteiger partial charge in [0.25, 0.3) is 5.91 Å². The molecule has 0 aliphatic heterocycles. The van der Waals surface area contributed by atoms with Crippen LogP contribution in [0.5, 0.6) is 0 Å². The van der Waals surface area contributed by atoms with Crippen LogP contribution in [0.1, 0.15) is 20.8 Å². The van der Waals surface area contributed by atoms with E-state index in [1.807, 2.05) is 0 Å². The summed E-state index contributed by atoms with van der Waals surface area (Å²) in [5.41, 5.74) is 6.42. The summed E-state index contributed by atoms with van der Waals surface area (Å²) >= 11 is 0. The van der Waals surface area contributed by atoms with E-state index >= 15 is 0 Å². The van der Waals surface area contributed by atoms with Crippen molar-refractivity contribution in [3.05, 3.63) is 59.9 Å². The van der Waals surface area contributed by atoms with Gasteiger partial charge in [-0.3, -0.25) is 14.6 Å². The Balaban J connectivity index is 2.10. The van der Waals surface area contributed by atoms with Crippen LogP contribution in [-0.2, 0) is 0 Å². The predicted molar refractivity (Wildman–Crippen MR) is 67.2 cm³/mol. The number of carbonyl (C=O) groups is 2. The summed E-state index contributed by atoms with van der Waals surface area (Å²) in [7, 11) is 0. The monoisotopic (exact) mass is 241 g/mol. The molecule has 1 aromatic heterocycles. The molecule has 0 fully saturated rings. The molecule has 0 atom stereocenters. The molecular formula is C13H11N3O2. The molecule has 5 heteroatoms. The second-order valence-corrected chi connectivity index (χ2v) is 3.61. The van der Waals surface area contributed by atoms with Gasteiger partial charge in [-0.15, -0.1) is 0 Å². The van der Waals surface area contributed by atoms with Gasteiger partial charge in [0.05, 0.1) is 0 Å². The van der Waals surface area contributed by atoms with Crippen LogP contribution in [0.4, 0.5) is 5.69 Å². The van der Waals surface area contributed by atoms with Crippen molar-refractivity contribution in [2.75, 3.05) is 5.32 Å². The van der Waals surface area contributed by atoms with Gasteiger partial charge in [0.2, 0.25) is 5.91 Å². The number of nitrogens with zero attached hydrogens (tertiary/aromatic N) is 1. The lowest BCUT2D eigenvalue weighted by atomic mass is 10.2. The van der Waals surface area contributed by atoms with Crippen LogP contribution < -0.4 is 11.1 Å². The standard InChI is InChI=1S/C13H11N3O2/c14-12(17)9-4-6-10(7-5-9)16-13(18)11-3-1-2-8-15-11/h1-8H,(H2,14,17)(H,16,18). The Morgan fingerprint density at radius 3 is 2.33 bits per heavy atom. The van der Waals surface area contributed by atoms with E-state index in [4.69, 9.17) is 5.73 Å². The maximum Gasteiger partial charge on any atom is 0.274 e. The first-order valence-corrected chi connectivity index (χ1v) is 5.29. The molecule has 0 spiro atoms. The van der Waals surface area contributed by atoms with Crippen molar-refractivity contribution in [3.8, 4) is 0 Å². The zero-order chi connectivity index (χ0) is 13.0. The summed E-state index contributed by atoms with van der Waals surface area (Å²) in [6, 6.07) is 11.4. The van der Waals surface area contributed by atoms with Crippen LogP contribution in [0, 0.1) is 0 Å². The minimum absolute atomic E-state index is 0.303. The third kappa shape index (κ3) is 2.70. The smallest absolute Gasteiger partial charge is 0.274 e. The predicted octanol–water partition coefficient (Wildman–Crippen LogP) is 1.43. The van der Waals surface area contributed by atoms with Gasteiger partial charge in [0.1, 0.15) is 5.69 Å². The van der Waals surface area contributed by atoms with Crippen LogP contribution in [0.3, 0.4) is 0 Å². The van der Waals surface area contributed by atoms with Crippen LogP contribution in [0.2, 0.25) is 0 Å². The lowest BCUT2D eigenvalue weighted by Crippen LogP contribution is -2.14. The van der Waals surface area contributed by atoms with Crippen LogP contribution in [0.15, 0.2) is 48.7 Å². The highest BCUT2D eigenvalue weighted by atomic mass is 16.2. The van der Waals surface area contributed by atoms with E-state index in [1.165, 1.54) is 0 Å². The number of pyridine rings is 1. The number of carbonyl (C=O) groups excluding carboxylic acids is 2. The number of rotatable bonds is 3. The average Bonchev–Trinajstić information content (AvgIpc) is 2.40. The molecule has 1 aromatic carbocycles. The third-order valence-corrected chi connectivity index (χ3v) is 2.32. The van der Waals surface area contributed by atoms with Gasteiger partial charge < -0.3 is 11.1 Å².